The molecule has 0 aliphatic heterocycles. The Kier molecular flexibility index (Phi) is 7.96. The first-order chi connectivity index (χ1) is 7.86. The van der Waals surface area contributed by atoms with Gasteiger partial charge in [-0.1, -0.05) is 57.5 Å². The van der Waals surface area contributed by atoms with Crippen molar-refractivity contribution in [1.29, 1.82) is 0 Å². The lowest BCUT2D eigenvalue weighted by molar-refractivity contribution is 1.39. The summed E-state index contributed by atoms with van der Waals surface area (Å²) >= 11 is 0. The molecule has 0 saturated heterocycles. The van der Waals surface area contributed by atoms with Gasteiger partial charge in [0.2, 0.25) is 0 Å². The first-order valence-electron chi connectivity index (χ1n) is 6.07. The maximum Gasteiger partial charge on any atom is 0.0453 e. The molecule has 0 aliphatic rings. The molecule has 1 aromatic carbocycles. The van der Waals surface area contributed by atoms with E-state index in [1.165, 1.54) is 16.8 Å². The molecule has 0 aliphatic carbocycles. The zero-order chi connectivity index (χ0) is 12.4. The maximum atomic E-state index is 3.17. The average molecular weight is 217 g/mol. The van der Waals surface area contributed by atoms with Crippen LogP contribution >= 0.6 is 0 Å². The van der Waals surface area contributed by atoms with E-state index < -0.39 is 0 Å². The van der Waals surface area contributed by atoms with Crippen molar-refractivity contribution in [3.8, 4) is 11.3 Å². The number of rotatable bonds is 1. The van der Waals surface area contributed by atoms with E-state index in [1.54, 1.807) is 0 Å². The lowest BCUT2D eigenvalue weighted by Crippen LogP contribution is -1.76. The van der Waals surface area contributed by atoms with E-state index in [0.717, 1.165) is 0 Å². The molecule has 0 unspecified atom stereocenters. The van der Waals surface area contributed by atoms with Crippen LogP contribution in [0.15, 0.2) is 42.6 Å². The van der Waals surface area contributed by atoms with Crippen LogP contribution in [0.2, 0.25) is 0 Å². The summed E-state index contributed by atoms with van der Waals surface area (Å²) in [6.45, 7) is 10.1. The Labute approximate surface area is 99.5 Å². The van der Waals surface area contributed by atoms with Gasteiger partial charge in [0.1, 0.15) is 0 Å². The highest BCUT2D eigenvalue weighted by atomic mass is 14.7. The summed E-state index contributed by atoms with van der Waals surface area (Å²) in [6, 6.07) is 12.6. The van der Waals surface area contributed by atoms with E-state index in [9.17, 15) is 0 Å². The van der Waals surface area contributed by atoms with Crippen LogP contribution in [0.3, 0.4) is 0 Å². The Hall–Kier alpha value is -1.50. The molecule has 16 heavy (non-hydrogen) atoms. The molecule has 1 N–H and O–H groups in total. The summed E-state index contributed by atoms with van der Waals surface area (Å²) in [6.07, 6.45) is 1.94. The second-order valence-corrected chi connectivity index (χ2v) is 2.95. The molecular formula is C15H23N. The zero-order valence-electron chi connectivity index (χ0n) is 11.0. The highest BCUT2D eigenvalue weighted by Gasteiger charge is 1.94. The van der Waals surface area contributed by atoms with Crippen molar-refractivity contribution in [2.24, 2.45) is 0 Å². The predicted molar refractivity (Wildman–Crippen MR) is 73.7 cm³/mol. The first-order valence-corrected chi connectivity index (χ1v) is 6.07. The zero-order valence-corrected chi connectivity index (χ0v) is 11.0. The van der Waals surface area contributed by atoms with Crippen LogP contribution in [-0.2, 0) is 0 Å². The fourth-order valence-corrected chi connectivity index (χ4v) is 1.24. The van der Waals surface area contributed by atoms with Gasteiger partial charge in [0.25, 0.3) is 0 Å². The first kappa shape index (κ1) is 14.5. The molecule has 0 saturated carbocycles. The topological polar surface area (TPSA) is 15.8 Å². The largest absolute Gasteiger partial charge is 0.361 e. The summed E-state index contributed by atoms with van der Waals surface area (Å²) in [5.41, 5.74) is 3.71. The van der Waals surface area contributed by atoms with Gasteiger partial charge in [0.15, 0.2) is 0 Å². The summed E-state index contributed by atoms with van der Waals surface area (Å²) < 4.78 is 0. The third-order valence-corrected chi connectivity index (χ3v) is 1.96. The fraction of sp³-hybridized carbons (Fsp3) is 0.333. The minimum Gasteiger partial charge on any atom is -0.361 e. The van der Waals surface area contributed by atoms with Crippen LogP contribution in [0.5, 0.6) is 0 Å². The van der Waals surface area contributed by atoms with Gasteiger partial charge in [0.05, 0.1) is 0 Å². The molecular weight excluding hydrogens is 194 g/mol. The summed E-state index contributed by atoms with van der Waals surface area (Å²) in [5, 5.41) is 0. The van der Waals surface area contributed by atoms with E-state index in [-0.39, 0.29) is 0 Å². The fourth-order valence-electron chi connectivity index (χ4n) is 1.24. The highest BCUT2D eigenvalue weighted by molar-refractivity contribution is 5.59. The Balaban J connectivity index is 0.000000509. The third kappa shape index (κ3) is 4.35. The van der Waals surface area contributed by atoms with E-state index in [4.69, 9.17) is 0 Å². The molecule has 1 heterocycles. The Morgan fingerprint density at radius 2 is 1.38 bits per heavy atom. The van der Waals surface area contributed by atoms with E-state index in [0.29, 0.717) is 0 Å². The maximum absolute atomic E-state index is 3.17. The van der Waals surface area contributed by atoms with Crippen LogP contribution < -0.4 is 0 Å². The van der Waals surface area contributed by atoms with Gasteiger partial charge in [-0.15, -0.1) is 0 Å². The summed E-state index contributed by atoms with van der Waals surface area (Å²) in [5.74, 6) is 0. The number of aryl methyl sites for hydroxylation is 1. The van der Waals surface area contributed by atoms with E-state index >= 15 is 0 Å². The van der Waals surface area contributed by atoms with Crippen molar-refractivity contribution in [3.05, 3.63) is 48.2 Å². The van der Waals surface area contributed by atoms with Gasteiger partial charge in [-0.25, -0.2) is 0 Å². The molecule has 0 amide bonds. The van der Waals surface area contributed by atoms with Crippen LogP contribution in [0.4, 0.5) is 0 Å². The van der Waals surface area contributed by atoms with Crippen molar-refractivity contribution in [1.82, 2.24) is 4.98 Å². The Morgan fingerprint density at radius 1 is 0.812 bits per heavy atom. The lowest BCUT2D eigenvalue weighted by atomic mass is 10.1. The number of hydrogen-bond donors (Lipinski definition) is 1. The standard InChI is InChI=1S/C11H11N.2C2H6/c1-9-4-6-10(7-5-9)11-3-2-8-12-11;2*1-2/h2-8,12H,1H3;2*1-2H3. The molecule has 1 nitrogen and oxygen atoms in total. The molecule has 88 valence electrons. The molecule has 2 rings (SSSR count). The highest BCUT2D eigenvalue weighted by Crippen LogP contribution is 2.16. The summed E-state index contributed by atoms with van der Waals surface area (Å²) in [7, 11) is 0. The second-order valence-electron chi connectivity index (χ2n) is 2.95. The molecule has 2 aromatic rings. The van der Waals surface area contributed by atoms with Crippen molar-refractivity contribution < 1.29 is 0 Å². The third-order valence-electron chi connectivity index (χ3n) is 1.96. The van der Waals surface area contributed by atoms with Crippen LogP contribution in [0, 0.1) is 6.92 Å². The molecule has 1 aromatic heterocycles. The van der Waals surface area contributed by atoms with Crippen LogP contribution in [0.1, 0.15) is 33.3 Å². The van der Waals surface area contributed by atoms with Crippen molar-refractivity contribution in [2.75, 3.05) is 0 Å². The normalized spacial score (nSPS) is 8.31. The second kappa shape index (κ2) is 8.78. The quantitative estimate of drug-likeness (QED) is 0.688. The molecule has 0 spiro atoms. The van der Waals surface area contributed by atoms with Gasteiger partial charge in [0, 0.05) is 11.9 Å². The molecule has 0 bridgehead atoms. The van der Waals surface area contributed by atoms with Crippen molar-refractivity contribution >= 4 is 0 Å². The molecule has 1 heteroatoms. The number of nitrogens with one attached hydrogen (secondary N) is 1. The molecule has 0 atom stereocenters. The smallest absolute Gasteiger partial charge is 0.0453 e. The minimum absolute atomic E-state index is 1.18. The SMILES string of the molecule is CC.CC.Cc1ccc(-c2ccc[nH]2)cc1. The number of benzene rings is 1. The number of aromatic amines is 1. The van der Waals surface area contributed by atoms with Gasteiger partial charge in [-0.3, -0.25) is 0 Å². The lowest BCUT2D eigenvalue weighted by Gasteiger charge is -1.97. The number of H-pyrrole nitrogens is 1. The van der Waals surface area contributed by atoms with Crippen molar-refractivity contribution in [3.63, 3.8) is 0 Å². The van der Waals surface area contributed by atoms with Crippen LogP contribution in [-0.4, -0.2) is 4.98 Å². The summed E-state index contributed by atoms with van der Waals surface area (Å²) in [4.78, 5) is 3.17. The van der Waals surface area contributed by atoms with Gasteiger partial charge >= 0.3 is 0 Å². The van der Waals surface area contributed by atoms with E-state index in [2.05, 4.69) is 42.2 Å². The van der Waals surface area contributed by atoms with Crippen LogP contribution in [0.25, 0.3) is 11.3 Å². The minimum atomic E-state index is 1.18. The Bertz CT molecular complexity index is 343. The Morgan fingerprint density at radius 3 is 1.81 bits per heavy atom. The number of aromatic nitrogens is 1. The van der Waals surface area contributed by atoms with Gasteiger partial charge in [-0.2, -0.15) is 0 Å². The molecule has 0 radical (unpaired) electrons. The molecule has 0 fully saturated rings. The average Bonchev–Trinajstić information content (AvgIpc) is 2.89. The monoisotopic (exact) mass is 217 g/mol. The van der Waals surface area contributed by atoms with E-state index in [1.807, 2.05) is 40.0 Å². The van der Waals surface area contributed by atoms with Gasteiger partial charge < -0.3 is 4.98 Å². The van der Waals surface area contributed by atoms with Gasteiger partial charge in [-0.05, 0) is 24.6 Å². The van der Waals surface area contributed by atoms with Crippen molar-refractivity contribution in [2.45, 2.75) is 34.6 Å². The predicted octanol–water partition coefficient (Wildman–Crippen LogP) is 5.04. The number of hydrogen-bond acceptors (Lipinski definition) is 0.